The topological polar surface area (TPSA) is 58.4 Å². The number of benzene rings is 1. The van der Waals surface area contributed by atoms with Gasteiger partial charge in [-0.2, -0.15) is 0 Å². The Morgan fingerprint density at radius 2 is 2.10 bits per heavy atom. The van der Waals surface area contributed by atoms with Crippen molar-refractivity contribution in [2.24, 2.45) is 5.92 Å². The molecule has 0 saturated carbocycles. The molecule has 1 amide bonds. The first kappa shape index (κ1) is 16.5. The van der Waals surface area contributed by atoms with E-state index in [9.17, 15) is 4.79 Å². The number of amides is 1. The molecule has 1 aromatic carbocycles. The molecule has 1 atom stereocenters. The van der Waals surface area contributed by atoms with Crippen molar-refractivity contribution in [1.29, 1.82) is 0 Å². The van der Waals surface area contributed by atoms with E-state index >= 15 is 0 Å². The van der Waals surface area contributed by atoms with E-state index in [1.54, 1.807) is 6.07 Å². The molecule has 112 valence electrons. The van der Waals surface area contributed by atoms with Crippen LogP contribution >= 0.6 is 0 Å². The summed E-state index contributed by atoms with van der Waals surface area (Å²) in [5.74, 6) is 0.626. The average Bonchev–Trinajstić information content (AvgIpc) is 2.41. The molecule has 0 spiro atoms. The van der Waals surface area contributed by atoms with Crippen LogP contribution in [0.15, 0.2) is 18.2 Å². The molecule has 1 unspecified atom stereocenters. The normalized spacial score (nSPS) is 12.4. The molecule has 0 heterocycles. The summed E-state index contributed by atoms with van der Waals surface area (Å²) in [6.07, 6.45) is 1.13. The quantitative estimate of drug-likeness (QED) is 0.753. The third-order valence-electron chi connectivity index (χ3n) is 3.62. The highest BCUT2D eigenvalue weighted by atomic mass is 16.2. The van der Waals surface area contributed by atoms with Gasteiger partial charge < -0.3 is 11.1 Å². The number of hydrogen-bond acceptors (Lipinski definition) is 3. The Kier molecular flexibility index (Phi) is 6.52. The third kappa shape index (κ3) is 5.21. The van der Waals surface area contributed by atoms with Crippen molar-refractivity contribution < 1.29 is 4.79 Å². The molecular formula is C16H27N3O. The second kappa shape index (κ2) is 7.90. The van der Waals surface area contributed by atoms with Crippen LogP contribution in [-0.4, -0.2) is 30.4 Å². The van der Waals surface area contributed by atoms with E-state index in [1.807, 2.05) is 19.1 Å². The van der Waals surface area contributed by atoms with Gasteiger partial charge in [0.25, 0.3) is 0 Å². The molecule has 0 aliphatic heterocycles. The van der Waals surface area contributed by atoms with E-state index in [1.165, 1.54) is 0 Å². The summed E-state index contributed by atoms with van der Waals surface area (Å²) >= 11 is 0. The fraction of sp³-hybridized carbons (Fsp3) is 0.562. The van der Waals surface area contributed by atoms with Gasteiger partial charge in [-0.1, -0.05) is 33.3 Å². The van der Waals surface area contributed by atoms with Crippen LogP contribution in [-0.2, 0) is 4.79 Å². The van der Waals surface area contributed by atoms with Gasteiger partial charge in [0.1, 0.15) is 0 Å². The number of carbonyl (C=O) groups is 1. The lowest BCUT2D eigenvalue weighted by atomic mass is 10.1. The molecule has 0 bridgehead atoms. The van der Waals surface area contributed by atoms with Crippen LogP contribution in [0, 0.1) is 12.8 Å². The van der Waals surface area contributed by atoms with Crippen molar-refractivity contribution in [3.8, 4) is 0 Å². The van der Waals surface area contributed by atoms with Gasteiger partial charge in [-0.15, -0.1) is 0 Å². The van der Waals surface area contributed by atoms with Crippen molar-refractivity contribution in [3.63, 3.8) is 0 Å². The van der Waals surface area contributed by atoms with Crippen LogP contribution in [0.25, 0.3) is 0 Å². The van der Waals surface area contributed by atoms with Crippen molar-refractivity contribution >= 4 is 17.3 Å². The summed E-state index contributed by atoms with van der Waals surface area (Å²) < 4.78 is 0. The predicted molar refractivity (Wildman–Crippen MR) is 85.8 cm³/mol. The molecule has 0 radical (unpaired) electrons. The molecule has 0 fully saturated rings. The molecule has 0 aliphatic carbocycles. The molecule has 4 nitrogen and oxygen atoms in total. The summed E-state index contributed by atoms with van der Waals surface area (Å²) in [5.41, 5.74) is 8.24. The summed E-state index contributed by atoms with van der Waals surface area (Å²) in [7, 11) is 0. The first-order valence-electron chi connectivity index (χ1n) is 7.34. The van der Waals surface area contributed by atoms with Gasteiger partial charge in [-0.25, -0.2) is 0 Å². The Balaban J connectivity index is 2.59. The number of carbonyl (C=O) groups excluding carboxylic acids is 1. The zero-order valence-corrected chi connectivity index (χ0v) is 13.1. The fourth-order valence-electron chi connectivity index (χ4n) is 2.04. The summed E-state index contributed by atoms with van der Waals surface area (Å²) in [4.78, 5) is 14.3. The Morgan fingerprint density at radius 1 is 1.40 bits per heavy atom. The standard InChI is InChI=1S/C16H27N3O/c1-5-12(3)10-19(6-2)11-16(20)18-15-9-14(17)8-7-13(15)4/h7-9,12H,5-6,10-11,17H2,1-4H3,(H,18,20). The lowest BCUT2D eigenvalue weighted by Gasteiger charge is -2.23. The van der Waals surface area contributed by atoms with E-state index in [4.69, 9.17) is 5.73 Å². The minimum Gasteiger partial charge on any atom is -0.399 e. The second-order valence-electron chi connectivity index (χ2n) is 5.46. The summed E-state index contributed by atoms with van der Waals surface area (Å²) in [6, 6.07) is 5.56. The monoisotopic (exact) mass is 277 g/mol. The van der Waals surface area contributed by atoms with Crippen LogP contribution in [0.4, 0.5) is 11.4 Å². The zero-order valence-electron chi connectivity index (χ0n) is 13.1. The fourth-order valence-corrected chi connectivity index (χ4v) is 2.04. The van der Waals surface area contributed by atoms with Crippen LogP contribution in [0.1, 0.15) is 32.8 Å². The third-order valence-corrected chi connectivity index (χ3v) is 3.62. The van der Waals surface area contributed by atoms with Gasteiger partial charge in [-0.3, -0.25) is 9.69 Å². The van der Waals surface area contributed by atoms with Gasteiger partial charge in [0.2, 0.25) is 5.91 Å². The van der Waals surface area contributed by atoms with Crippen LogP contribution in [0.3, 0.4) is 0 Å². The minimum absolute atomic E-state index is 0.0175. The maximum Gasteiger partial charge on any atom is 0.238 e. The molecule has 0 saturated heterocycles. The number of rotatable bonds is 7. The van der Waals surface area contributed by atoms with E-state index in [0.29, 0.717) is 18.2 Å². The number of anilines is 2. The Bertz CT molecular complexity index is 445. The number of nitrogens with zero attached hydrogens (tertiary/aromatic N) is 1. The number of aryl methyl sites for hydroxylation is 1. The summed E-state index contributed by atoms with van der Waals surface area (Å²) in [6.45, 7) is 10.7. The number of likely N-dealkylation sites (N-methyl/N-ethyl adjacent to an activating group) is 1. The van der Waals surface area contributed by atoms with Crippen molar-refractivity contribution in [1.82, 2.24) is 4.90 Å². The maximum absolute atomic E-state index is 12.1. The van der Waals surface area contributed by atoms with Gasteiger partial charge in [0.15, 0.2) is 0 Å². The molecule has 4 heteroatoms. The van der Waals surface area contributed by atoms with E-state index < -0.39 is 0 Å². The SMILES string of the molecule is CCC(C)CN(CC)CC(=O)Nc1cc(N)ccc1C. The molecule has 1 aromatic rings. The van der Waals surface area contributed by atoms with E-state index in [0.717, 1.165) is 30.8 Å². The highest BCUT2D eigenvalue weighted by molar-refractivity contribution is 5.93. The average molecular weight is 277 g/mol. The lowest BCUT2D eigenvalue weighted by Crippen LogP contribution is -2.36. The first-order valence-corrected chi connectivity index (χ1v) is 7.34. The largest absolute Gasteiger partial charge is 0.399 e. The van der Waals surface area contributed by atoms with Crippen LogP contribution in [0.5, 0.6) is 0 Å². The minimum atomic E-state index is 0.0175. The molecule has 1 rings (SSSR count). The predicted octanol–water partition coefficient (Wildman–Crippen LogP) is 2.88. The van der Waals surface area contributed by atoms with Crippen molar-refractivity contribution in [2.75, 3.05) is 30.7 Å². The van der Waals surface area contributed by atoms with Gasteiger partial charge >= 0.3 is 0 Å². The first-order chi connectivity index (χ1) is 9.46. The highest BCUT2D eigenvalue weighted by Crippen LogP contribution is 2.18. The summed E-state index contributed by atoms with van der Waals surface area (Å²) in [5, 5.41) is 2.95. The maximum atomic E-state index is 12.1. The number of nitrogen functional groups attached to an aromatic ring is 1. The zero-order chi connectivity index (χ0) is 15.1. The Hall–Kier alpha value is -1.55. The van der Waals surface area contributed by atoms with Gasteiger partial charge in [0.05, 0.1) is 6.54 Å². The lowest BCUT2D eigenvalue weighted by molar-refractivity contribution is -0.117. The number of nitrogens with two attached hydrogens (primary N) is 1. The number of nitrogens with one attached hydrogen (secondary N) is 1. The molecule has 0 aromatic heterocycles. The van der Waals surface area contributed by atoms with Gasteiger partial charge in [-0.05, 0) is 37.1 Å². The van der Waals surface area contributed by atoms with Crippen molar-refractivity contribution in [2.45, 2.75) is 34.1 Å². The van der Waals surface area contributed by atoms with Crippen LogP contribution in [0.2, 0.25) is 0 Å². The number of hydrogen-bond donors (Lipinski definition) is 2. The Labute approximate surface area is 122 Å². The molecule has 0 aliphatic rings. The smallest absolute Gasteiger partial charge is 0.238 e. The van der Waals surface area contributed by atoms with Crippen LogP contribution < -0.4 is 11.1 Å². The highest BCUT2D eigenvalue weighted by Gasteiger charge is 2.12. The molecular weight excluding hydrogens is 250 g/mol. The molecule has 3 N–H and O–H groups in total. The van der Waals surface area contributed by atoms with E-state index in [2.05, 4.69) is 31.0 Å². The van der Waals surface area contributed by atoms with Gasteiger partial charge in [0, 0.05) is 17.9 Å². The van der Waals surface area contributed by atoms with Crippen molar-refractivity contribution in [3.05, 3.63) is 23.8 Å². The van der Waals surface area contributed by atoms with E-state index in [-0.39, 0.29) is 5.91 Å². The Morgan fingerprint density at radius 3 is 2.70 bits per heavy atom. The second-order valence-corrected chi connectivity index (χ2v) is 5.46. The molecule has 20 heavy (non-hydrogen) atoms.